The summed E-state index contributed by atoms with van der Waals surface area (Å²) in [6.45, 7) is 3.44. The number of halogens is 2. The Hall–Kier alpha value is -4.78. The van der Waals surface area contributed by atoms with Gasteiger partial charge in [0.15, 0.2) is 11.9 Å². The van der Waals surface area contributed by atoms with Crippen molar-refractivity contribution in [3.63, 3.8) is 0 Å². The van der Waals surface area contributed by atoms with E-state index in [-0.39, 0.29) is 11.9 Å². The van der Waals surface area contributed by atoms with Crippen molar-refractivity contribution in [3.8, 4) is 34.5 Å². The molecule has 1 fully saturated rings. The van der Waals surface area contributed by atoms with Crippen molar-refractivity contribution in [3.05, 3.63) is 93.0 Å². The van der Waals surface area contributed by atoms with Crippen LogP contribution in [0.5, 0.6) is 5.88 Å². The molecule has 1 atom stereocenters. The van der Waals surface area contributed by atoms with Crippen LogP contribution in [0, 0.1) is 18.3 Å². The van der Waals surface area contributed by atoms with Gasteiger partial charge in [0.1, 0.15) is 23.6 Å². The van der Waals surface area contributed by atoms with Crippen LogP contribution in [0.2, 0.25) is 5.02 Å². The number of hydrogen-bond donors (Lipinski definition) is 1. The van der Waals surface area contributed by atoms with E-state index in [0.29, 0.717) is 64.9 Å². The fourth-order valence-corrected chi connectivity index (χ4v) is 6.71. The van der Waals surface area contributed by atoms with Crippen LogP contribution in [0.25, 0.3) is 33.7 Å². The van der Waals surface area contributed by atoms with E-state index in [0.717, 1.165) is 46.2 Å². The quantitative estimate of drug-likeness (QED) is 0.178. The van der Waals surface area contributed by atoms with Crippen LogP contribution >= 0.6 is 11.6 Å². The Bertz CT molecular complexity index is 2010. The molecule has 7 rings (SSSR count). The lowest BCUT2D eigenvalue weighted by atomic mass is 9.91. The smallest absolute Gasteiger partial charge is 0.227 e. The van der Waals surface area contributed by atoms with Gasteiger partial charge in [-0.1, -0.05) is 41.9 Å². The van der Waals surface area contributed by atoms with Crippen LogP contribution in [-0.2, 0) is 13.0 Å². The van der Waals surface area contributed by atoms with Gasteiger partial charge in [-0.3, -0.25) is 9.69 Å². The molecule has 5 aromatic rings. The zero-order valence-corrected chi connectivity index (χ0v) is 25.5. The molecule has 2 aliphatic rings. The number of oxazole rings is 1. The third kappa shape index (κ3) is 5.20. The number of carbonyl (C=O) groups excluding carboxylic acids is 1. The number of pyridine rings is 1. The van der Waals surface area contributed by atoms with Gasteiger partial charge < -0.3 is 14.5 Å². The molecule has 0 amide bonds. The molecule has 226 valence electrons. The van der Waals surface area contributed by atoms with E-state index in [1.54, 1.807) is 12.1 Å². The van der Waals surface area contributed by atoms with E-state index in [4.69, 9.17) is 25.7 Å². The van der Waals surface area contributed by atoms with E-state index in [9.17, 15) is 14.4 Å². The summed E-state index contributed by atoms with van der Waals surface area (Å²) >= 11 is 6.47. The number of methoxy groups -OCH3 is 1. The number of nitrogens with zero attached hydrogens (tertiary/aromatic N) is 4. The predicted molar refractivity (Wildman–Crippen MR) is 170 cm³/mol. The predicted octanol–water partition coefficient (Wildman–Crippen LogP) is 7.46. The number of hydrogen-bond acceptors (Lipinski definition) is 8. The molecule has 1 saturated heterocycles. The first-order chi connectivity index (χ1) is 21.9. The molecule has 3 heterocycles. The van der Waals surface area contributed by atoms with Gasteiger partial charge in [-0.05, 0) is 77.4 Å². The monoisotopic (exact) mass is 621 g/mol. The summed E-state index contributed by atoms with van der Waals surface area (Å²) in [5, 5.41) is 13.7. The molecule has 8 nitrogen and oxygen atoms in total. The van der Waals surface area contributed by atoms with Gasteiger partial charge >= 0.3 is 0 Å². The van der Waals surface area contributed by atoms with Crippen LogP contribution < -0.4 is 10.1 Å². The third-order valence-electron chi connectivity index (χ3n) is 8.71. The number of benzene rings is 3. The lowest BCUT2D eigenvalue weighted by Crippen LogP contribution is -2.47. The van der Waals surface area contributed by atoms with Crippen molar-refractivity contribution >= 4 is 34.8 Å². The van der Waals surface area contributed by atoms with Gasteiger partial charge in [0.25, 0.3) is 0 Å². The molecular weight excluding hydrogens is 593 g/mol. The normalized spacial score (nSPS) is 16.3. The fraction of sp³-hybridized carbons (Fsp3) is 0.257. The number of rotatable bonds is 8. The summed E-state index contributed by atoms with van der Waals surface area (Å²) in [6.07, 6.45) is 1.58. The molecule has 0 spiro atoms. The summed E-state index contributed by atoms with van der Waals surface area (Å²) in [4.78, 5) is 22.6. The second-order valence-electron chi connectivity index (χ2n) is 11.5. The van der Waals surface area contributed by atoms with Crippen molar-refractivity contribution in [2.24, 2.45) is 0 Å². The van der Waals surface area contributed by atoms with Gasteiger partial charge in [0, 0.05) is 25.2 Å². The van der Waals surface area contributed by atoms with Crippen LogP contribution in [0.1, 0.15) is 50.6 Å². The largest absolute Gasteiger partial charge is 0.480 e. The summed E-state index contributed by atoms with van der Waals surface area (Å²) in [5.41, 5.74) is 9.13. The number of alkyl halides is 1. The van der Waals surface area contributed by atoms with Crippen LogP contribution in [-0.4, -0.2) is 47.5 Å². The minimum absolute atomic E-state index is 0.0251. The number of nitriles is 1. The maximum absolute atomic E-state index is 13.4. The molecule has 1 aliphatic carbocycles. The highest BCUT2D eigenvalue weighted by Gasteiger charge is 2.28. The van der Waals surface area contributed by atoms with Crippen molar-refractivity contribution < 1.29 is 18.3 Å². The topological polar surface area (TPSA) is 104 Å². The third-order valence-corrected chi connectivity index (χ3v) is 9.00. The van der Waals surface area contributed by atoms with E-state index >= 15 is 0 Å². The highest BCUT2D eigenvalue weighted by atomic mass is 35.5. The molecule has 10 heteroatoms. The fourth-order valence-electron chi connectivity index (χ4n) is 6.49. The maximum Gasteiger partial charge on any atom is 0.227 e. The minimum Gasteiger partial charge on any atom is -0.480 e. The van der Waals surface area contributed by atoms with Crippen molar-refractivity contribution in [1.29, 1.82) is 5.26 Å². The number of ether oxygens (including phenoxy) is 1. The van der Waals surface area contributed by atoms with E-state index in [1.165, 1.54) is 12.7 Å². The molecule has 1 aliphatic heterocycles. The SMILES string of the molecule is COc1nc(NC2CCc3c(-c4cccc(-c5nc6cc(CN7CC(F)C7)cc(C#N)c6o5)c4C)cccc32)c(Cl)cc1C=O. The lowest BCUT2D eigenvalue weighted by molar-refractivity contribution is 0.0591. The Labute approximate surface area is 264 Å². The zero-order chi connectivity index (χ0) is 31.2. The van der Waals surface area contributed by atoms with Crippen LogP contribution in [0.15, 0.2) is 59.0 Å². The number of nitrogens with one attached hydrogen (secondary N) is 1. The minimum atomic E-state index is -0.785. The number of anilines is 1. The number of aldehydes is 1. The molecule has 1 N–H and O–H groups in total. The Balaban J connectivity index is 1.21. The Morgan fingerprint density at radius 1 is 1.16 bits per heavy atom. The van der Waals surface area contributed by atoms with E-state index in [1.807, 2.05) is 23.1 Å². The Kier molecular flexibility index (Phi) is 7.48. The molecular formula is C35H29ClFN5O3. The van der Waals surface area contributed by atoms with Crippen molar-refractivity contribution in [1.82, 2.24) is 14.9 Å². The van der Waals surface area contributed by atoms with E-state index in [2.05, 4.69) is 47.6 Å². The average molecular weight is 622 g/mol. The molecule has 1 unspecified atom stereocenters. The summed E-state index contributed by atoms with van der Waals surface area (Å²) in [5.74, 6) is 1.14. The van der Waals surface area contributed by atoms with Crippen LogP contribution in [0.4, 0.5) is 10.2 Å². The highest BCUT2D eigenvalue weighted by Crippen LogP contribution is 2.43. The molecule has 0 radical (unpaired) electrons. The summed E-state index contributed by atoms with van der Waals surface area (Å²) < 4.78 is 24.9. The van der Waals surface area contributed by atoms with E-state index < -0.39 is 6.17 Å². The number of fused-ring (bicyclic) bond motifs is 2. The first-order valence-electron chi connectivity index (χ1n) is 14.7. The molecule has 3 aromatic carbocycles. The van der Waals surface area contributed by atoms with Crippen molar-refractivity contribution in [2.45, 2.75) is 38.5 Å². The van der Waals surface area contributed by atoms with Gasteiger partial charge in [0.05, 0.1) is 29.3 Å². The molecule has 0 bridgehead atoms. The maximum atomic E-state index is 13.4. The molecule has 45 heavy (non-hydrogen) atoms. The molecule has 0 saturated carbocycles. The van der Waals surface area contributed by atoms with Gasteiger partial charge in [-0.15, -0.1) is 0 Å². The van der Waals surface area contributed by atoms with Crippen LogP contribution in [0.3, 0.4) is 0 Å². The first-order valence-corrected chi connectivity index (χ1v) is 15.1. The zero-order valence-electron chi connectivity index (χ0n) is 24.7. The number of aromatic nitrogens is 2. The van der Waals surface area contributed by atoms with Gasteiger partial charge in [-0.2, -0.15) is 10.2 Å². The summed E-state index contributed by atoms with van der Waals surface area (Å²) in [6, 6.07) is 19.9. The number of likely N-dealkylation sites (tertiary alicyclic amines) is 1. The van der Waals surface area contributed by atoms with Crippen molar-refractivity contribution in [2.75, 3.05) is 25.5 Å². The highest BCUT2D eigenvalue weighted by molar-refractivity contribution is 6.33. The lowest BCUT2D eigenvalue weighted by Gasteiger charge is -2.34. The number of carbonyl (C=O) groups is 1. The summed E-state index contributed by atoms with van der Waals surface area (Å²) in [7, 11) is 1.47. The second kappa shape index (κ2) is 11.6. The van der Waals surface area contributed by atoms with Gasteiger partial charge in [0.2, 0.25) is 11.8 Å². The Morgan fingerprint density at radius 3 is 2.69 bits per heavy atom. The second-order valence-corrected chi connectivity index (χ2v) is 11.9. The Morgan fingerprint density at radius 2 is 1.93 bits per heavy atom. The first kappa shape index (κ1) is 29.0. The average Bonchev–Trinajstić information content (AvgIpc) is 3.65. The molecule has 2 aromatic heterocycles. The van der Waals surface area contributed by atoms with Gasteiger partial charge in [-0.25, -0.2) is 9.37 Å². The standard InChI is InChI=1S/C35H29ClFN5O3/c1-19-24(26-7-4-8-28-27(26)9-10-30(28)39-33-29(36)13-22(18-43)34(41-33)44-2)5-3-6-25(19)35-40-31-12-20(15-42-16-23(37)17-42)11-21(14-38)32(31)45-35/h3-8,11-13,18,23,30H,9-10,15-17H2,1-2H3,(H,39,41).